The molecule has 0 amide bonds. The quantitative estimate of drug-likeness (QED) is 0.886. The lowest BCUT2D eigenvalue weighted by Gasteiger charge is -2.10. The third-order valence-corrected chi connectivity index (χ3v) is 3.46. The van der Waals surface area contributed by atoms with Gasteiger partial charge in [0.25, 0.3) is 0 Å². The van der Waals surface area contributed by atoms with Crippen LogP contribution >= 0.6 is 27.5 Å². The van der Waals surface area contributed by atoms with Crippen molar-refractivity contribution in [1.29, 1.82) is 0 Å². The van der Waals surface area contributed by atoms with Gasteiger partial charge in [0.2, 0.25) is 0 Å². The van der Waals surface area contributed by atoms with Gasteiger partial charge >= 0.3 is 0 Å². The molecule has 0 aliphatic rings. The Morgan fingerprint density at radius 3 is 3.00 bits per heavy atom. The maximum absolute atomic E-state index is 6.16. The zero-order valence-corrected chi connectivity index (χ0v) is 12.5. The van der Waals surface area contributed by atoms with E-state index >= 15 is 0 Å². The van der Waals surface area contributed by atoms with E-state index in [2.05, 4.69) is 37.7 Å². The second kappa shape index (κ2) is 6.25. The lowest BCUT2D eigenvalue weighted by molar-refractivity contribution is 0.651. The molecular formula is C13H15BrClN3. The smallest absolute Gasteiger partial charge is 0.0948 e. The van der Waals surface area contributed by atoms with Crippen LogP contribution in [0.15, 0.2) is 35.2 Å². The Morgan fingerprint density at radius 2 is 2.28 bits per heavy atom. The van der Waals surface area contributed by atoms with Crippen LogP contribution in [0.5, 0.6) is 0 Å². The van der Waals surface area contributed by atoms with Crippen molar-refractivity contribution in [1.82, 2.24) is 9.55 Å². The molecule has 2 rings (SSSR count). The molecule has 0 spiro atoms. The van der Waals surface area contributed by atoms with Crippen molar-refractivity contribution in [3.63, 3.8) is 0 Å². The van der Waals surface area contributed by atoms with Crippen LogP contribution in [0.4, 0.5) is 5.69 Å². The molecule has 0 fully saturated rings. The maximum atomic E-state index is 6.16. The van der Waals surface area contributed by atoms with E-state index in [1.54, 1.807) is 0 Å². The summed E-state index contributed by atoms with van der Waals surface area (Å²) in [7, 11) is 0. The molecule has 0 aliphatic heterocycles. The molecule has 1 N–H and O–H groups in total. The van der Waals surface area contributed by atoms with Crippen molar-refractivity contribution in [2.24, 2.45) is 0 Å². The fourth-order valence-electron chi connectivity index (χ4n) is 1.76. The van der Waals surface area contributed by atoms with Gasteiger partial charge in [-0.15, -0.1) is 0 Å². The minimum Gasteiger partial charge on any atom is -0.378 e. The fourth-order valence-corrected chi connectivity index (χ4v) is 2.50. The second-order valence-corrected chi connectivity index (χ2v) is 5.38. The molecule has 1 aromatic carbocycles. The summed E-state index contributed by atoms with van der Waals surface area (Å²) in [6.07, 6.45) is 4.85. The number of anilines is 1. The number of benzene rings is 1. The third kappa shape index (κ3) is 3.27. The summed E-state index contributed by atoms with van der Waals surface area (Å²) >= 11 is 9.55. The molecule has 2 aromatic rings. The van der Waals surface area contributed by atoms with Gasteiger partial charge in [-0.3, -0.25) is 0 Å². The molecule has 18 heavy (non-hydrogen) atoms. The van der Waals surface area contributed by atoms with E-state index in [-0.39, 0.29) is 0 Å². The van der Waals surface area contributed by atoms with Crippen molar-refractivity contribution in [2.75, 3.05) is 5.32 Å². The third-order valence-electron chi connectivity index (χ3n) is 2.65. The Morgan fingerprint density at radius 1 is 1.44 bits per heavy atom. The standard InChI is InChI=1S/C13H15BrClN3/c1-2-5-18-9-16-7-11(18)8-17-13-4-3-10(14)6-12(13)15/h3-4,6-7,9,17H,2,5,8H2,1H3. The number of nitrogens with one attached hydrogen (secondary N) is 1. The van der Waals surface area contributed by atoms with Crippen LogP contribution in [-0.4, -0.2) is 9.55 Å². The molecule has 96 valence electrons. The highest BCUT2D eigenvalue weighted by molar-refractivity contribution is 9.10. The zero-order valence-electron chi connectivity index (χ0n) is 10.2. The van der Waals surface area contributed by atoms with Gasteiger partial charge in [-0.25, -0.2) is 4.98 Å². The molecule has 0 radical (unpaired) electrons. The van der Waals surface area contributed by atoms with Crippen LogP contribution in [0.3, 0.4) is 0 Å². The first-order chi connectivity index (χ1) is 8.70. The molecule has 1 heterocycles. The molecule has 0 unspecified atom stereocenters. The Hall–Kier alpha value is -1.000. The predicted molar refractivity (Wildman–Crippen MR) is 79.0 cm³/mol. The summed E-state index contributed by atoms with van der Waals surface area (Å²) in [5.41, 5.74) is 2.10. The average molecular weight is 329 g/mol. The van der Waals surface area contributed by atoms with Crippen molar-refractivity contribution in [3.8, 4) is 0 Å². The second-order valence-electron chi connectivity index (χ2n) is 4.06. The van der Waals surface area contributed by atoms with Crippen LogP contribution in [0.25, 0.3) is 0 Å². The van der Waals surface area contributed by atoms with Gasteiger partial charge in [0.1, 0.15) is 0 Å². The Labute approximate surface area is 120 Å². The van der Waals surface area contributed by atoms with Crippen LogP contribution in [0.1, 0.15) is 19.0 Å². The first kappa shape index (κ1) is 13.4. The summed E-state index contributed by atoms with van der Waals surface area (Å²) in [5.74, 6) is 0. The van der Waals surface area contributed by atoms with E-state index in [4.69, 9.17) is 11.6 Å². The predicted octanol–water partition coefficient (Wildman–Crippen LogP) is 4.32. The van der Waals surface area contributed by atoms with E-state index in [0.29, 0.717) is 5.02 Å². The Kier molecular flexibility index (Phi) is 4.66. The van der Waals surface area contributed by atoms with Gasteiger partial charge in [0.15, 0.2) is 0 Å². The van der Waals surface area contributed by atoms with E-state index in [9.17, 15) is 0 Å². The van der Waals surface area contributed by atoms with Gasteiger partial charge in [-0.05, 0) is 24.6 Å². The zero-order chi connectivity index (χ0) is 13.0. The summed E-state index contributed by atoms with van der Waals surface area (Å²) < 4.78 is 3.13. The fraction of sp³-hybridized carbons (Fsp3) is 0.308. The van der Waals surface area contributed by atoms with Gasteiger partial charge < -0.3 is 9.88 Å². The average Bonchev–Trinajstić information content (AvgIpc) is 2.76. The summed E-state index contributed by atoms with van der Waals surface area (Å²) in [5, 5.41) is 4.04. The summed E-state index contributed by atoms with van der Waals surface area (Å²) in [6.45, 7) is 3.87. The highest BCUT2D eigenvalue weighted by Crippen LogP contribution is 2.25. The molecule has 0 saturated carbocycles. The van der Waals surface area contributed by atoms with E-state index in [0.717, 1.165) is 35.4 Å². The number of hydrogen-bond acceptors (Lipinski definition) is 2. The van der Waals surface area contributed by atoms with Crippen molar-refractivity contribution in [3.05, 3.63) is 45.9 Å². The number of rotatable bonds is 5. The van der Waals surface area contributed by atoms with E-state index in [1.165, 1.54) is 0 Å². The molecule has 1 aromatic heterocycles. The number of imidazole rings is 1. The summed E-state index contributed by atoms with van der Waals surface area (Å²) in [6, 6.07) is 5.82. The van der Waals surface area contributed by atoms with Gasteiger partial charge in [-0.2, -0.15) is 0 Å². The largest absolute Gasteiger partial charge is 0.378 e. The van der Waals surface area contributed by atoms with Gasteiger partial charge in [-0.1, -0.05) is 34.5 Å². The molecule has 0 atom stereocenters. The molecule has 0 aliphatic carbocycles. The molecule has 3 nitrogen and oxygen atoms in total. The highest BCUT2D eigenvalue weighted by Gasteiger charge is 2.04. The number of aryl methyl sites for hydroxylation is 1. The Bertz CT molecular complexity index is 525. The SMILES string of the molecule is CCCn1cncc1CNc1ccc(Br)cc1Cl. The molecule has 0 saturated heterocycles. The first-order valence-electron chi connectivity index (χ1n) is 5.88. The minimum atomic E-state index is 0.714. The van der Waals surface area contributed by atoms with Crippen LogP contribution in [-0.2, 0) is 13.1 Å². The van der Waals surface area contributed by atoms with Gasteiger partial charge in [0.05, 0.1) is 29.3 Å². The number of nitrogens with zero attached hydrogens (tertiary/aromatic N) is 2. The maximum Gasteiger partial charge on any atom is 0.0948 e. The molecular weight excluding hydrogens is 314 g/mol. The van der Waals surface area contributed by atoms with Gasteiger partial charge in [0, 0.05) is 17.2 Å². The van der Waals surface area contributed by atoms with Crippen molar-refractivity contribution >= 4 is 33.2 Å². The number of aromatic nitrogens is 2. The number of hydrogen-bond donors (Lipinski definition) is 1. The van der Waals surface area contributed by atoms with Crippen LogP contribution in [0, 0.1) is 0 Å². The van der Waals surface area contributed by atoms with Crippen LogP contribution < -0.4 is 5.32 Å². The molecule has 0 bridgehead atoms. The topological polar surface area (TPSA) is 29.9 Å². The van der Waals surface area contributed by atoms with E-state index in [1.807, 2.05) is 30.7 Å². The lowest BCUT2D eigenvalue weighted by atomic mass is 10.3. The van der Waals surface area contributed by atoms with Crippen molar-refractivity contribution < 1.29 is 0 Å². The number of halogens is 2. The Balaban J connectivity index is 2.04. The van der Waals surface area contributed by atoms with E-state index < -0.39 is 0 Å². The highest BCUT2D eigenvalue weighted by atomic mass is 79.9. The molecule has 5 heteroatoms. The van der Waals surface area contributed by atoms with Crippen molar-refractivity contribution in [2.45, 2.75) is 26.4 Å². The minimum absolute atomic E-state index is 0.714. The normalized spacial score (nSPS) is 10.6. The lowest BCUT2D eigenvalue weighted by Crippen LogP contribution is -2.07. The summed E-state index contributed by atoms with van der Waals surface area (Å²) in [4.78, 5) is 4.17. The first-order valence-corrected chi connectivity index (χ1v) is 7.05. The monoisotopic (exact) mass is 327 g/mol. The van der Waals surface area contributed by atoms with Crippen LogP contribution in [0.2, 0.25) is 5.02 Å².